The number of para-hydroxylation sites is 1. The Morgan fingerprint density at radius 1 is 1.22 bits per heavy atom. The highest BCUT2D eigenvalue weighted by molar-refractivity contribution is 5.79. The summed E-state index contributed by atoms with van der Waals surface area (Å²) in [5, 5.41) is 6.67. The number of hydrogen-bond acceptors (Lipinski definition) is 3. The van der Waals surface area contributed by atoms with Crippen LogP contribution in [0.3, 0.4) is 0 Å². The van der Waals surface area contributed by atoms with Crippen LogP contribution in [-0.2, 0) is 10.2 Å². The highest BCUT2D eigenvalue weighted by Gasteiger charge is 2.46. The average molecular weight is 319 g/mol. The second-order valence-corrected chi connectivity index (χ2v) is 5.95. The van der Waals surface area contributed by atoms with E-state index in [1.165, 1.54) is 18.4 Å². The normalized spacial score (nSPS) is 16.0. The third-order valence-corrected chi connectivity index (χ3v) is 4.23. The fourth-order valence-corrected chi connectivity index (χ4v) is 2.74. The van der Waals surface area contributed by atoms with Crippen molar-refractivity contribution in [2.45, 2.75) is 31.6 Å². The molecule has 1 aliphatic rings. The van der Waals surface area contributed by atoms with Crippen LogP contribution in [0.4, 0.5) is 0 Å². The lowest BCUT2D eigenvalue weighted by Crippen LogP contribution is -2.38. The highest BCUT2D eigenvalue weighted by atomic mass is 16.5. The van der Waals surface area contributed by atoms with Gasteiger partial charge < -0.3 is 20.1 Å². The molecule has 2 N–H and O–H groups in total. The minimum atomic E-state index is 0.140. The molecule has 0 radical (unpaired) electrons. The zero-order valence-electron chi connectivity index (χ0n) is 14.5. The topological polar surface area (TPSA) is 54.9 Å². The van der Waals surface area contributed by atoms with Crippen molar-refractivity contribution in [3.63, 3.8) is 0 Å². The standard InChI is InChI=1S/C18H29N3O2/c1-4-19-17(20-12-7-13-22-2)21-14-18(10-11-18)15-8-5-6-9-16(15)23-3/h5-6,8-9H,4,7,10-14H2,1-3H3,(H2,19,20,21). The second kappa shape index (κ2) is 8.77. The average Bonchev–Trinajstić information content (AvgIpc) is 3.37. The number of hydrogen-bond donors (Lipinski definition) is 2. The Labute approximate surface area is 139 Å². The largest absolute Gasteiger partial charge is 0.496 e. The summed E-state index contributed by atoms with van der Waals surface area (Å²) in [6.07, 6.45) is 3.30. The van der Waals surface area contributed by atoms with Gasteiger partial charge in [-0.15, -0.1) is 0 Å². The molecular weight excluding hydrogens is 290 g/mol. The van der Waals surface area contributed by atoms with Gasteiger partial charge in [-0.1, -0.05) is 18.2 Å². The zero-order valence-corrected chi connectivity index (χ0v) is 14.5. The summed E-state index contributed by atoms with van der Waals surface area (Å²) in [4.78, 5) is 4.80. The predicted octanol–water partition coefficient (Wildman–Crippen LogP) is 2.32. The molecule has 0 atom stereocenters. The number of rotatable bonds is 9. The van der Waals surface area contributed by atoms with E-state index in [1.54, 1.807) is 14.2 Å². The molecule has 1 aliphatic carbocycles. The number of benzene rings is 1. The third kappa shape index (κ3) is 4.86. The van der Waals surface area contributed by atoms with E-state index in [2.05, 4.69) is 29.7 Å². The van der Waals surface area contributed by atoms with Gasteiger partial charge >= 0.3 is 0 Å². The lowest BCUT2D eigenvalue weighted by atomic mass is 9.95. The second-order valence-electron chi connectivity index (χ2n) is 5.95. The van der Waals surface area contributed by atoms with Crippen LogP contribution in [0, 0.1) is 0 Å². The molecule has 1 aromatic rings. The van der Waals surface area contributed by atoms with Crippen molar-refractivity contribution >= 4 is 5.96 Å². The van der Waals surface area contributed by atoms with Gasteiger partial charge in [0.25, 0.3) is 0 Å². The van der Waals surface area contributed by atoms with Gasteiger partial charge in [0.05, 0.1) is 13.7 Å². The molecular formula is C18H29N3O2. The third-order valence-electron chi connectivity index (χ3n) is 4.23. The van der Waals surface area contributed by atoms with E-state index in [4.69, 9.17) is 14.5 Å². The smallest absolute Gasteiger partial charge is 0.191 e. The van der Waals surface area contributed by atoms with Crippen LogP contribution < -0.4 is 15.4 Å². The van der Waals surface area contributed by atoms with Crippen LogP contribution >= 0.6 is 0 Å². The SMILES string of the molecule is CCNC(=NCC1(c2ccccc2OC)CC1)NCCCOC. The molecule has 1 aromatic carbocycles. The number of ether oxygens (including phenoxy) is 2. The monoisotopic (exact) mass is 319 g/mol. The van der Waals surface area contributed by atoms with Gasteiger partial charge in [-0.25, -0.2) is 0 Å². The molecule has 0 heterocycles. The van der Waals surface area contributed by atoms with Crippen LogP contribution in [0.5, 0.6) is 5.75 Å². The molecule has 23 heavy (non-hydrogen) atoms. The van der Waals surface area contributed by atoms with E-state index in [-0.39, 0.29) is 5.41 Å². The Kier molecular flexibility index (Phi) is 6.71. The fraction of sp³-hybridized carbons (Fsp3) is 0.611. The first-order valence-corrected chi connectivity index (χ1v) is 8.40. The van der Waals surface area contributed by atoms with Crippen molar-refractivity contribution in [2.75, 3.05) is 40.5 Å². The summed E-state index contributed by atoms with van der Waals surface area (Å²) in [5.74, 6) is 1.85. The van der Waals surface area contributed by atoms with Gasteiger partial charge in [0.15, 0.2) is 5.96 Å². The molecule has 1 fully saturated rings. The Morgan fingerprint density at radius 2 is 2.00 bits per heavy atom. The maximum atomic E-state index is 5.52. The summed E-state index contributed by atoms with van der Waals surface area (Å²) in [6, 6.07) is 8.30. The molecule has 0 aliphatic heterocycles. The first-order valence-electron chi connectivity index (χ1n) is 8.40. The highest BCUT2D eigenvalue weighted by Crippen LogP contribution is 2.51. The number of methoxy groups -OCH3 is 2. The minimum absolute atomic E-state index is 0.140. The van der Waals surface area contributed by atoms with E-state index in [0.29, 0.717) is 0 Å². The molecule has 1 saturated carbocycles. The van der Waals surface area contributed by atoms with Crippen molar-refractivity contribution in [3.05, 3.63) is 29.8 Å². The van der Waals surface area contributed by atoms with Crippen LogP contribution in [0.2, 0.25) is 0 Å². The van der Waals surface area contributed by atoms with Crippen molar-refractivity contribution in [3.8, 4) is 5.75 Å². The molecule has 0 saturated heterocycles. The van der Waals surface area contributed by atoms with Crippen LogP contribution in [0.1, 0.15) is 31.7 Å². The van der Waals surface area contributed by atoms with Crippen molar-refractivity contribution in [1.29, 1.82) is 0 Å². The van der Waals surface area contributed by atoms with Crippen LogP contribution in [0.25, 0.3) is 0 Å². The molecule has 0 bridgehead atoms. The van der Waals surface area contributed by atoms with Crippen LogP contribution in [-0.4, -0.2) is 46.4 Å². The lowest BCUT2D eigenvalue weighted by Gasteiger charge is -2.18. The molecule has 0 amide bonds. The number of nitrogens with one attached hydrogen (secondary N) is 2. The summed E-state index contributed by atoms with van der Waals surface area (Å²) in [6.45, 7) is 5.35. The molecule has 2 rings (SSSR count). The van der Waals surface area contributed by atoms with Crippen molar-refractivity contribution in [2.24, 2.45) is 4.99 Å². The van der Waals surface area contributed by atoms with Gasteiger partial charge in [0.2, 0.25) is 0 Å². The summed E-state index contributed by atoms with van der Waals surface area (Å²) in [5.41, 5.74) is 1.42. The first-order chi connectivity index (χ1) is 11.3. The predicted molar refractivity (Wildman–Crippen MR) is 94.4 cm³/mol. The maximum Gasteiger partial charge on any atom is 0.191 e. The maximum absolute atomic E-state index is 5.52. The lowest BCUT2D eigenvalue weighted by molar-refractivity contribution is 0.195. The summed E-state index contributed by atoms with van der Waals surface area (Å²) in [7, 11) is 3.46. The van der Waals surface area contributed by atoms with E-state index >= 15 is 0 Å². The summed E-state index contributed by atoms with van der Waals surface area (Å²) < 4.78 is 10.6. The van der Waals surface area contributed by atoms with Gasteiger partial charge in [0, 0.05) is 37.8 Å². The summed E-state index contributed by atoms with van der Waals surface area (Å²) >= 11 is 0. The van der Waals surface area contributed by atoms with Gasteiger partial charge in [-0.3, -0.25) is 4.99 Å². The Balaban J connectivity index is 2.00. The number of aliphatic imine (C=N–C) groups is 1. The Morgan fingerprint density at radius 3 is 2.65 bits per heavy atom. The Hall–Kier alpha value is -1.75. The quantitative estimate of drug-likeness (QED) is 0.417. The zero-order chi connectivity index (χ0) is 16.5. The molecule has 5 nitrogen and oxygen atoms in total. The van der Waals surface area contributed by atoms with Gasteiger partial charge in [-0.2, -0.15) is 0 Å². The van der Waals surface area contributed by atoms with E-state index in [9.17, 15) is 0 Å². The molecule has 5 heteroatoms. The molecule has 0 spiro atoms. The van der Waals surface area contributed by atoms with Crippen molar-refractivity contribution in [1.82, 2.24) is 10.6 Å². The molecule has 0 unspecified atom stereocenters. The van der Waals surface area contributed by atoms with Gasteiger partial charge in [-0.05, 0) is 32.3 Å². The van der Waals surface area contributed by atoms with E-state index < -0.39 is 0 Å². The Bertz CT molecular complexity index is 513. The van der Waals surface area contributed by atoms with Gasteiger partial charge in [0.1, 0.15) is 5.75 Å². The fourth-order valence-electron chi connectivity index (χ4n) is 2.74. The molecule has 128 valence electrons. The van der Waals surface area contributed by atoms with E-state index in [1.807, 2.05) is 12.1 Å². The van der Waals surface area contributed by atoms with Crippen LogP contribution in [0.15, 0.2) is 29.3 Å². The van der Waals surface area contributed by atoms with E-state index in [0.717, 1.165) is 44.4 Å². The number of guanidine groups is 1. The first kappa shape index (κ1) is 17.6. The minimum Gasteiger partial charge on any atom is -0.496 e. The number of nitrogens with zero attached hydrogens (tertiary/aromatic N) is 1. The van der Waals surface area contributed by atoms with Crippen molar-refractivity contribution < 1.29 is 9.47 Å². The molecule has 0 aromatic heterocycles.